The molecule has 3 heteroatoms. The summed E-state index contributed by atoms with van der Waals surface area (Å²) in [5.74, 6) is 0. The molecular weight excluding hydrogens is 386 g/mol. The minimum absolute atomic E-state index is 0.137. The summed E-state index contributed by atoms with van der Waals surface area (Å²) in [6, 6.07) is 12.4. The molecule has 29 heavy (non-hydrogen) atoms. The smallest absolute Gasteiger partial charge is 0.101 e. The molecule has 1 aromatic heterocycles. The fourth-order valence-electron chi connectivity index (χ4n) is 4.03. The Labute approximate surface area is 184 Å². The van der Waals surface area contributed by atoms with E-state index >= 15 is 0 Å². The number of rotatable bonds is 7. The van der Waals surface area contributed by atoms with E-state index in [0.29, 0.717) is 0 Å². The van der Waals surface area contributed by atoms with Crippen molar-refractivity contribution < 1.29 is 0 Å². The van der Waals surface area contributed by atoms with Gasteiger partial charge in [0.15, 0.2) is 0 Å². The minimum Gasteiger partial charge on any atom is -0.314 e. The molecule has 0 amide bonds. The molecule has 0 fully saturated rings. The van der Waals surface area contributed by atoms with Crippen molar-refractivity contribution in [2.75, 3.05) is 6.17 Å². The monoisotopic (exact) mass is 425 g/mol. The van der Waals surface area contributed by atoms with Crippen LogP contribution in [0.4, 0.5) is 0 Å². The number of nitrogens with one attached hydrogen (secondary N) is 1. The van der Waals surface area contributed by atoms with Gasteiger partial charge in [-0.25, -0.2) is 0 Å². The van der Waals surface area contributed by atoms with E-state index in [1.165, 1.54) is 43.3 Å². The van der Waals surface area contributed by atoms with Gasteiger partial charge in [0.05, 0.1) is 0 Å². The molecule has 2 rings (SSSR count). The van der Waals surface area contributed by atoms with Crippen LogP contribution in [0.15, 0.2) is 42.0 Å². The molecule has 0 aliphatic carbocycles. The fraction of sp³-hybridized carbons (Fsp3) is 0.462. The first-order valence-corrected chi connectivity index (χ1v) is 14.4. The van der Waals surface area contributed by atoms with E-state index in [-0.39, 0.29) is 5.54 Å². The van der Waals surface area contributed by atoms with E-state index in [9.17, 15) is 0 Å². The molecule has 1 atom stereocenters. The largest absolute Gasteiger partial charge is 0.314 e. The van der Waals surface area contributed by atoms with Crippen LogP contribution in [0.2, 0.25) is 12.6 Å². The molecule has 1 N–H and O–H groups in total. The molecule has 2 aromatic rings. The Hall–Kier alpha value is -1.42. The summed E-state index contributed by atoms with van der Waals surface area (Å²) in [5, 5.41) is 5.36. The Bertz CT molecular complexity index is 883. The summed E-state index contributed by atoms with van der Waals surface area (Å²) in [6.07, 6.45) is 5.48. The fourth-order valence-corrected chi connectivity index (χ4v) is 9.12. The second-order valence-corrected chi connectivity index (χ2v) is 15.3. The van der Waals surface area contributed by atoms with Gasteiger partial charge in [-0.3, -0.25) is 0 Å². The standard InChI is InChI=1S/C26H39NSSi/c1-10-14-24-21(4)25(22(5)28-24)20(3)19(2)17-29(9,18-27-26(6,7)8)23-15-12-11-13-16-23/h10-16,27H,17-18H2,1-9H3/b14-10-,20-19-. The average Bonchev–Trinajstić information content (AvgIpc) is 2.93. The molecule has 0 aliphatic heterocycles. The molecule has 1 heterocycles. The van der Waals surface area contributed by atoms with Crippen LogP contribution in [-0.2, 0) is 0 Å². The topological polar surface area (TPSA) is 12.0 Å². The molecule has 0 bridgehead atoms. The van der Waals surface area contributed by atoms with Crippen molar-refractivity contribution in [1.82, 2.24) is 5.32 Å². The zero-order chi connectivity index (χ0) is 21.8. The second kappa shape index (κ2) is 9.59. The Morgan fingerprint density at radius 1 is 1.10 bits per heavy atom. The van der Waals surface area contributed by atoms with Crippen molar-refractivity contribution in [2.24, 2.45) is 0 Å². The molecule has 0 radical (unpaired) electrons. The molecule has 1 unspecified atom stereocenters. The van der Waals surface area contributed by atoms with E-state index in [4.69, 9.17) is 0 Å². The number of hydrogen-bond acceptors (Lipinski definition) is 2. The van der Waals surface area contributed by atoms with Crippen molar-refractivity contribution in [3.8, 4) is 0 Å². The Balaban J connectivity index is 2.44. The number of hydrogen-bond donors (Lipinski definition) is 1. The van der Waals surface area contributed by atoms with Crippen LogP contribution in [0.5, 0.6) is 0 Å². The summed E-state index contributed by atoms with van der Waals surface area (Å²) in [6.45, 7) is 20.7. The zero-order valence-electron chi connectivity index (χ0n) is 19.9. The van der Waals surface area contributed by atoms with E-state index in [2.05, 4.69) is 110 Å². The van der Waals surface area contributed by atoms with Gasteiger partial charge in [-0.1, -0.05) is 53.7 Å². The summed E-state index contributed by atoms with van der Waals surface area (Å²) in [7, 11) is -1.72. The van der Waals surface area contributed by atoms with E-state index in [1.54, 1.807) is 0 Å². The summed E-state index contributed by atoms with van der Waals surface area (Å²) in [5.41, 5.74) is 6.04. The van der Waals surface area contributed by atoms with Crippen molar-refractivity contribution in [2.45, 2.75) is 73.5 Å². The quantitative estimate of drug-likeness (QED) is 0.466. The van der Waals surface area contributed by atoms with Gasteiger partial charge in [-0.2, -0.15) is 0 Å². The van der Waals surface area contributed by atoms with Crippen LogP contribution in [-0.4, -0.2) is 19.8 Å². The Morgan fingerprint density at radius 2 is 1.72 bits per heavy atom. The van der Waals surface area contributed by atoms with Crippen LogP contribution < -0.4 is 10.5 Å². The number of benzene rings is 1. The zero-order valence-corrected chi connectivity index (χ0v) is 21.7. The molecule has 0 aliphatic rings. The van der Waals surface area contributed by atoms with E-state index in [0.717, 1.165) is 6.17 Å². The van der Waals surface area contributed by atoms with Crippen molar-refractivity contribution in [3.05, 3.63) is 62.9 Å². The highest BCUT2D eigenvalue weighted by molar-refractivity contribution is 7.13. The van der Waals surface area contributed by atoms with Crippen LogP contribution >= 0.6 is 11.3 Å². The first-order valence-electron chi connectivity index (χ1n) is 10.7. The van der Waals surface area contributed by atoms with Gasteiger partial charge < -0.3 is 5.32 Å². The molecule has 1 nitrogen and oxygen atoms in total. The molecule has 1 aromatic carbocycles. The third kappa shape index (κ3) is 6.03. The minimum atomic E-state index is -1.72. The highest BCUT2D eigenvalue weighted by atomic mass is 32.1. The molecule has 0 saturated heterocycles. The van der Waals surface area contributed by atoms with Crippen molar-refractivity contribution >= 4 is 36.2 Å². The summed E-state index contributed by atoms with van der Waals surface area (Å²) in [4.78, 5) is 2.83. The third-order valence-corrected chi connectivity index (χ3v) is 11.0. The molecular formula is C26H39NSSi. The molecule has 0 saturated carbocycles. The Kier molecular flexibility index (Phi) is 7.89. The lowest BCUT2D eigenvalue weighted by atomic mass is 9.99. The van der Waals surface area contributed by atoms with Crippen LogP contribution in [0.3, 0.4) is 0 Å². The summed E-state index contributed by atoms with van der Waals surface area (Å²) < 4.78 is 0. The van der Waals surface area contributed by atoms with Crippen molar-refractivity contribution in [1.29, 1.82) is 0 Å². The first kappa shape index (κ1) is 23.9. The maximum absolute atomic E-state index is 3.82. The normalized spacial score (nSPS) is 15.5. The number of aryl methyl sites for hydroxylation is 1. The third-order valence-electron chi connectivity index (χ3n) is 5.83. The van der Waals surface area contributed by atoms with Crippen LogP contribution in [0.25, 0.3) is 11.6 Å². The first-order chi connectivity index (χ1) is 13.5. The number of allylic oxidation sites excluding steroid dienone is 3. The highest BCUT2D eigenvalue weighted by Gasteiger charge is 2.31. The Morgan fingerprint density at radius 3 is 2.28 bits per heavy atom. The predicted octanol–water partition coefficient (Wildman–Crippen LogP) is 7.10. The maximum Gasteiger partial charge on any atom is 0.101 e. The van der Waals surface area contributed by atoms with Gasteiger partial charge in [-0.15, -0.1) is 11.3 Å². The average molecular weight is 426 g/mol. The van der Waals surface area contributed by atoms with Gasteiger partial charge >= 0.3 is 0 Å². The lowest BCUT2D eigenvalue weighted by molar-refractivity contribution is 0.455. The van der Waals surface area contributed by atoms with Gasteiger partial charge in [0.25, 0.3) is 0 Å². The van der Waals surface area contributed by atoms with E-state index < -0.39 is 8.07 Å². The van der Waals surface area contributed by atoms with E-state index in [1.807, 2.05) is 11.3 Å². The van der Waals surface area contributed by atoms with Crippen LogP contribution in [0.1, 0.15) is 62.4 Å². The van der Waals surface area contributed by atoms with Crippen molar-refractivity contribution in [3.63, 3.8) is 0 Å². The van der Waals surface area contributed by atoms with Gasteiger partial charge in [0.1, 0.15) is 8.07 Å². The highest BCUT2D eigenvalue weighted by Crippen LogP contribution is 2.36. The predicted molar refractivity (Wildman–Crippen MR) is 137 cm³/mol. The van der Waals surface area contributed by atoms with Crippen LogP contribution in [0, 0.1) is 13.8 Å². The lowest BCUT2D eigenvalue weighted by Crippen LogP contribution is -2.56. The number of thiophene rings is 1. The molecule has 0 spiro atoms. The molecule has 158 valence electrons. The second-order valence-electron chi connectivity index (χ2n) is 9.63. The maximum atomic E-state index is 3.82. The van der Waals surface area contributed by atoms with Gasteiger partial charge in [0.2, 0.25) is 0 Å². The summed E-state index contributed by atoms with van der Waals surface area (Å²) >= 11 is 1.92. The van der Waals surface area contributed by atoms with Gasteiger partial charge in [-0.05, 0) is 90.4 Å². The van der Waals surface area contributed by atoms with Gasteiger partial charge in [0, 0.05) is 15.3 Å². The SMILES string of the molecule is C/C=C\c1sc(C)c(/C(C)=C(/C)C[Si](C)(CNC(C)(C)C)c2ccccc2)c1C. The lowest BCUT2D eigenvalue weighted by Gasteiger charge is -2.33.